The van der Waals surface area contributed by atoms with Gasteiger partial charge in [-0.15, -0.1) is 0 Å². The Labute approximate surface area is 160 Å². The Hall–Kier alpha value is -2.43. The van der Waals surface area contributed by atoms with E-state index >= 15 is 0 Å². The largest absolute Gasteiger partial charge is 0.462 e. The maximum atomic E-state index is 12.1. The Bertz CT molecular complexity index is 666. The number of Topliss-reactive ketones (excluding diaryl/α,β-unsaturated/α-hetero) is 1. The average Bonchev–Trinajstić information content (AvgIpc) is 2.62. The van der Waals surface area contributed by atoms with Crippen LogP contribution in [-0.4, -0.2) is 30.4 Å². The van der Waals surface area contributed by atoms with Crippen molar-refractivity contribution < 1.29 is 23.9 Å². The van der Waals surface area contributed by atoms with E-state index in [-0.39, 0.29) is 30.5 Å². The fourth-order valence-electron chi connectivity index (χ4n) is 3.07. The van der Waals surface area contributed by atoms with E-state index in [0.29, 0.717) is 5.56 Å². The van der Waals surface area contributed by atoms with Gasteiger partial charge in [-0.3, -0.25) is 9.59 Å². The van der Waals surface area contributed by atoms with Crippen LogP contribution in [0.3, 0.4) is 0 Å². The molecule has 1 fully saturated rings. The summed E-state index contributed by atoms with van der Waals surface area (Å²) in [6, 6.07) is 7.01. The van der Waals surface area contributed by atoms with Crippen LogP contribution in [-0.2, 0) is 19.1 Å². The summed E-state index contributed by atoms with van der Waals surface area (Å²) in [5, 5.41) is 0. The lowest BCUT2D eigenvalue weighted by Crippen LogP contribution is -2.21. The number of hydrogen-bond donors (Lipinski definition) is 0. The topological polar surface area (TPSA) is 69.7 Å². The van der Waals surface area contributed by atoms with Gasteiger partial charge in [-0.05, 0) is 32.6 Å². The van der Waals surface area contributed by atoms with Gasteiger partial charge in [-0.25, -0.2) is 4.79 Å². The van der Waals surface area contributed by atoms with Gasteiger partial charge >= 0.3 is 11.9 Å². The van der Waals surface area contributed by atoms with Crippen LogP contribution in [0.25, 0.3) is 0 Å². The predicted molar refractivity (Wildman–Crippen MR) is 102 cm³/mol. The van der Waals surface area contributed by atoms with E-state index in [1.807, 2.05) is 19.1 Å². The molecular formula is C22H28O5. The Balaban J connectivity index is 1.73. The van der Waals surface area contributed by atoms with Crippen molar-refractivity contribution in [1.82, 2.24) is 0 Å². The highest BCUT2D eigenvalue weighted by Crippen LogP contribution is 2.20. The summed E-state index contributed by atoms with van der Waals surface area (Å²) < 4.78 is 10.5. The third-order valence-electron chi connectivity index (χ3n) is 4.70. The van der Waals surface area contributed by atoms with Crippen molar-refractivity contribution in [2.24, 2.45) is 0 Å². The van der Waals surface area contributed by atoms with E-state index in [1.54, 1.807) is 12.1 Å². The van der Waals surface area contributed by atoms with Gasteiger partial charge in [0.05, 0.1) is 6.42 Å². The number of carbonyl (C=O) groups excluding carboxylic acids is 3. The molecule has 1 saturated carbocycles. The molecule has 0 amide bonds. The van der Waals surface area contributed by atoms with Crippen LogP contribution in [0.4, 0.5) is 0 Å². The van der Waals surface area contributed by atoms with E-state index < -0.39 is 11.9 Å². The molecule has 0 bridgehead atoms. The van der Waals surface area contributed by atoms with Crippen LogP contribution in [0, 0.1) is 6.92 Å². The van der Waals surface area contributed by atoms with Crippen LogP contribution in [0.15, 0.2) is 36.4 Å². The van der Waals surface area contributed by atoms with Gasteiger partial charge < -0.3 is 9.47 Å². The van der Waals surface area contributed by atoms with Gasteiger partial charge in [0.15, 0.2) is 12.4 Å². The van der Waals surface area contributed by atoms with Gasteiger partial charge in [0, 0.05) is 11.1 Å². The molecule has 27 heavy (non-hydrogen) atoms. The smallest absolute Gasteiger partial charge is 0.334 e. The molecule has 1 aliphatic carbocycles. The Kier molecular flexibility index (Phi) is 8.24. The van der Waals surface area contributed by atoms with Gasteiger partial charge in [-0.1, -0.05) is 55.7 Å². The van der Waals surface area contributed by atoms with Gasteiger partial charge in [0.25, 0.3) is 0 Å². The number of carbonyl (C=O) groups is 3. The fraction of sp³-hybridized carbons (Fsp3) is 0.500. The van der Waals surface area contributed by atoms with Crippen molar-refractivity contribution in [1.29, 1.82) is 0 Å². The highest BCUT2D eigenvalue weighted by molar-refractivity contribution is 5.99. The molecule has 1 aromatic carbocycles. The summed E-state index contributed by atoms with van der Waals surface area (Å²) >= 11 is 0. The number of ether oxygens (including phenoxy) is 2. The molecule has 0 aliphatic heterocycles. The normalized spacial score (nSPS) is 15.3. The maximum absolute atomic E-state index is 12.1. The third-order valence-corrected chi connectivity index (χ3v) is 4.70. The standard InChI is InChI=1S/C22H28O5/c1-16-10-12-18(13-11-16)20(23)15-26-22(25)17(2)14-21(24)27-19-8-6-4-3-5-7-9-19/h10-13,19H,2-9,14-15H2,1H3. The Morgan fingerprint density at radius 2 is 1.59 bits per heavy atom. The predicted octanol–water partition coefficient (Wildman–Crippen LogP) is 4.32. The molecule has 146 valence electrons. The van der Waals surface area contributed by atoms with Gasteiger partial charge in [0.1, 0.15) is 6.10 Å². The minimum atomic E-state index is -0.745. The minimum Gasteiger partial charge on any atom is -0.462 e. The Morgan fingerprint density at radius 3 is 2.22 bits per heavy atom. The molecule has 0 heterocycles. The minimum absolute atomic E-state index is 0.00236. The summed E-state index contributed by atoms with van der Waals surface area (Å²) in [5.74, 6) is -1.51. The second kappa shape index (κ2) is 10.7. The van der Waals surface area contributed by atoms with Crippen molar-refractivity contribution >= 4 is 17.7 Å². The first-order chi connectivity index (χ1) is 13.0. The van der Waals surface area contributed by atoms with Crippen LogP contribution >= 0.6 is 0 Å². The molecule has 0 aromatic heterocycles. The molecule has 2 rings (SSSR count). The van der Waals surface area contributed by atoms with E-state index in [9.17, 15) is 14.4 Å². The molecule has 5 heteroatoms. The Morgan fingerprint density at radius 1 is 1.00 bits per heavy atom. The molecule has 5 nitrogen and oxygen atoms in total. The van der Waals surface area contributed by atoms with Crippen molar-refractivity contribution in [2.45, 2.75) is 64.4 Å². The second-order valence-electron chi connectivity index (χ2n) is 7.10. The number of rotatable bonds is 7. The monoisotopic (exact) mass is 372 g/mol. The molecule has 1 aliphatic rings. The van der Waals surface area contributed by atoms with Crippen molar-refractivity contribution in [3.05, 3.63) is 47.5 Å². The van der Waals surface area contributed by atoms with Crippen molar-refractivity contribution in [3.63, 3.8) is 0 Å². The SMILES string of the molecule is C=C(CC(=O)OC1CCCCCCC1)C(=O)OCC(=O)c1ccc(C)cc1. The lowest BCUT2D eigenvalue weighted by atomic mass is 9.98. The first kappa shape index (κ1) is 20.9. The molecule has 0 radical (unpaired) electrons. The van der Waals surface area contributed by atoms with Crippen LogP contribution in [0.5, 0.6) is 0 Å². The van der Waals surface area contributed by atoms with Crippen LogP contribution < -0.4 is 0 Å². The lowest BCUT2D eigenvalue weighted by Gasteiger charge is -2.20. The highest BCUT2D eigenvalue weighted by Gasteiger charge is 2.20. The number of esters is 2. The fourth-order valence-corrected chi connectivity index (χ4v) is 3.07. The summed E-state index contributed by atoms with van der Waals surface area (Å²) in [4.78, 5) is 36.1. The summed E-state index contributed by atoms with van der Waals surface area (Å²) in [5.41, 5.74) is 1.52. The van der Waals surface area contributed by atoms with Crippen molar-refractivity contribution in [3.8, 4) is 0 Å². The van der Waals surface area contributed by atoms with Crippen LogP contribution in [0.2, 0.25) is 0 Å². The van der Waals surface area contributed by atoms with E-state index in [1.165, 1.54) is 19.3 Å². The number of ketones is 1. The second-order valence-corrected chi connectivity index (χ2v) is 7.10. The quantitative estimate of drug-likeness (QED) is 0.405. The summed E-state index contributed by atoms with van der Waals surface area (Å²) in [6.07, 6.45) is 7.14. The highest BCUT2D eigenvalue weighted by atomic mass is 16.5. The molecule has 0 atom stereocenters. The average molecular weight is 372 g/mol. The zero-order valence-electron chi connectivity index (χ0n) is 16.0. The first-order valence-electron chi connectivity index (χ1n) is 9.60. The van der Waals surface area contributed by atoms with E-state index in [0.717, 1.165) is 31.2 Å². The maximum Gasteiger partial charge on any atom is 0.334 e. The third kappa shape index (κ3) is 7.37. The van der Waals surface area contributed by atoms with E-state index in [4.69, 9.17) is 9.47 Å². The molecule has 0 N–H and O–H groups in total. The zero-order valence-corrected chi connectivity index (χ0v) is 16.0. The molecule has 0 unspecified atom stereocenters. The number of benzene rings is 1. The molecular weight excluding hydrogens is 344 g/mol. The van der Waals surface area contributed by atoms with Crippen molar-refractivity contribution in [2.75, 3.05) is 6.61 Å². The zero-order chi connectivity index (χ0) is 19.6. The number of aryl methyl sites for hydroxylation is 1. The van der Waals surface area contributed by atoms with Crippen LogP contribution in [0.1, 0.15) is 67.3 Å². The number of hydrogen-bond acceptors (Lipinski definition) is 5. The lowest BCUT2D eigenvalue weighted by molar-refractivity contribution is -0.151. The van der Waals surface area contributed by atoms with Gasteiger partial charge in [-0.2, -0.15) is 0 Å². The van der Waals surface area contributed by atoms with E-state index in [2.05, 4.69) is 6.58 Å². The molecule has 0 saturated heterocycles. The summed E-state index contributed by atoms with van der Waals surface area (Å²) in [6.45, 7) is 5.14. The first-order valence-corrected chi connectivity index (χ1v) is 9.60. The van der Waals surface area contributed by atoms with Gasteiger partial charge in [0.2, 0.25) is 0 Å². The molecule has 0 spiro atoms. The molecule has 1 aromatic rings. The summed E-state index contributed by atoms with van der Waals surface area (Å²) in [7, 11) is 0.